The van der Waals surface area contributed by atoms with E-state index in [4.69, 9.17) is 0 Å². The molecule has 0 saturated carbocycles. The lowest BCUT2D eigenvalue weighted by Gasteiger charge is -2.18. The zero-order chi connectivity index (χ0) is 19.4. The Morgan fingerprint density at radius 3 is 2.56 bits per heavy atom. The Labute approximate surface area is 157 Å². The molecule has 7 heteroatoms. The number of amides is 1. The fourth-order valence-corrected chi connectivity index (χ4v) is 4.91. The highest BCUT2D eigenvalue weighted by Crippen LogP contribution is 2.29. The summed E-state index contributed by atoms with van der Waals surface area (Å²) >= 11 is 0. The second-order valence-corrected chi connectivity index (χ2v) is 8.68. The number of rotatable bonds is 3. The van der Waals surface area contributed by atoms with E-state index in [1.165, 1.54) is 11.0 Å². The van der Waals surface area contributed by atoms with Gasteiger partial charge in [-0.25, -0.2) is 17.2 Å². The summed E-state index contributed by atoms with van der Waals surface area (Å²) in [7, 11) is -3.39. The van der Waals surface area contributed by atoms with Crippen molar-refractivity contribution in [1.29, 1.82) is 0 Å². The van der Waals surface area contributed by atoms with Gasteiger partial charge in [0.2, 0.25) is 5.91 Å². The van der Waals surface area contributed by atoms with Crippen LogP contribution < -0.4 is 0 Å². The number of carbonyl (C=O) groups is 1. The van der Waals surface area contributed by atoms with Crippen LogP contribution in [0.25, 0.3) is 6.08 Å². The molecular formula is C20H19F2NO3S. The monoisotopic (exact) mass is 391 g/mol. The highest BCUT2D eigenvalue weighted by Gasteiger charge is 2.32. The fraction of sp³-hybridized carbons (Fsp3) is 0.250. The molecule has 1 atom stereocenters. The molecule has 1 aliphatic heterocycles. The van der Waals surface area contributed by atoms with Crippen molar-refractivity contribution in [3.05, 3.63) is 77.4 Å². The van der Waals surface area contributed by atoms with Crippen molar-refractivity contribution in [3.63, 3.8) is 0 Å². The van der Waals surface area contributed by atoms with Crippen molar-refractivity contribution in [2.45, 2.75) is 11.7 Å². The standard InChI is InChI=1S/C20H19F2NO3S/c21-17-7-8-18(22)16(14-17)6-9-20(24)23-11-10-19(27(25,26)13-12-23)15-4-2-1-3-5-15/h1-9,14,19H,10-13H2. The zero-order valence-electron chi connectivity index (χ0n) is 14.5. The maximum absolute atomic E-state index is 13.6. The Balaban J connectivity index is 1.74. The molecule has 3 rings (SSSR count). The molecule has 1 unspecified atom stereocenters. The van der Waals surface area contributed by atoms with Gasteiger partial charge in [-0.15, -0.1) is 0 Å². The number of carbonyl (C=O) groups excluding carboxylic acids is 1. The van der Waals surface area contributed by atoms with Gasteiger partial charge in [-0.3, -0.25) is 4.79 Å². The van der Waals surface area contributed by atoms with Crippen molar-refractivity contribution >= 4 is 21.8 Å². The average molecular weight is 391 g/mol. The summed E-state index contributed by atoms with van der Waals surface area (Å²) in [6.07, 6.45) is 2.64. The van der Waals surface area contributed by atoms with Gasteiger partial charge in [0.05, 0.1) is 11.0 Å². The first-order chi connectivity index (χ1) is 12.9. The summed E-state index contributed by atoms with van der Waals surface area (Å²) in [5.41, 5.74) is 0.678. The molecule has 2 aromatic carbocycles. The second-order valence-electron chi connectivity index (χ2n) is 6.38. The van der Waals surface area contributed by atoms with Crippen LogP contribution in [0.15, 0.2) is 54.6 Å². The summed E-state index contributed by atoms with van der Waals surface area (Å²) in [4.78, 5) is 13.8. The molecule has 0 spiro atoms. The van der Waals surface area contributed by atoms with Crippen LogP contribution in [0.4, 0.5) is 8.78 Å². The molecule has 0 radical (unpaired) electrons. The molecule has 0 N–H and O–H groups in total. The molecule has 1 fully saturated rings. The molecule has 1 saturated heterocycles. The largest absolute Gasteiger partial charge is 0.338 e. The van der Waals surface area contributed by atoms with E-state index in [0.717, 1.165) is 24.3 Å². The predicted octanol–water partition coefficient (Wildman–Crippen LogP) is 3.37. The minimum absolute atomic E-state index is 0.0343. The van der Waals surface area contributed by atoms with Crippen LogP contribution in [-0.2, 0) is 14.6 Å². The highest BCUT2D eigenvalue weighted by atomic mass is 32.2. The zero-order valence-corrected chi connectivity index (χ0v) is 15.3. The van der Waals surface area contributed by atoms with Crippen LogP contribution in [0.3, 0.4) is 0 Å². The maximum atomic E-state index is 13.6. The van der Waals surface area contributed by atoms with Crippen LogP contribution in [0, 0.1) is 11.6 Å². The molecule has 1 amide bonds. The number of hydrogen-bond acceptors (Lipinski definition) is 3. The van der Waals surface area contributed by atoms with E-state index in [2.05, 4.69) is 0 Å². The number of nitrogens with zero attached hydrogens (tertiary/aromatic N) is 1. The van der Waals surface area contributed by atoms with Gasteiger partial charge in [0, 0.05) is 24.7 Å². The summed E-state index contributed by atoms with van der Waals surface area (Å²) in [5, 5.41) is -0.652. The van der Waals surface area contributed by atoms with Gasteiger partial charge in [-0.1, -0.05) is 30.3 Å². The summed E-state index contributed by atoms with van der Waals surface area (Å²) in [6, 6.07) is 11.9. The fourth-order valence-electron chi connectivity index (χ4n) is 3.12. The van der Waals surface area contributed by atoms with E-state index in [1.54, 1.807) is 24.3 Å². The Hall–Kier alpha value is -2.54. The molecule has 0 aliphatic carbocycles. The Bertz CT molecular complexity index is 958. The van der Waals surface area contributed by atoms with Gasteiger partial charge in [-0.2, -0.15) is 0 Å². The molecule has 4 nitrogen and oxygen atoms in total. The molecule has 2 aromatic rings. The normalized spacial score (nSPS) is 19.8. The van der Waals surface area contributed by atoms with E-state index in [0.29, 0.717) is 12.0 Å². The second kappa shape index (κ2) is 8.00. The average Bonchev–Trinajstić information content (AvgIpc) is 2.81. The minimum atomic E-state index is -3.39. The number of benzene rings is 2. The van der Waals surface area contributed by atoms with Crippen LogP contribution >= 0.6 is 0 Å². The minimum Gasteiger partial charge on any atom is -0.338 e. The molecule has 1 aliphatic rings. The Kier molecular flexibility index (Phi) is 5.70. The van der Waals surface area contributed by atoms with Gasteiger partial charge in [0.1, 0.15) is 11.6 Å². The third-order valence-electron chi connectivity index (χ3n) is 4.59. The summed E-state index contributed by atoms with van der Waals surface area (Å²) in [6.45, 7) is 0.341. The van der Waals surface area contributed by atoms with Crippen molar-refractivity contribution in [2.75, 3.05) is 18.8 Å². The van der Waals surface area contributed by atoms with Crippen LogP contribution in [0.1, 0.15) is 22.8 Å². The molecule has 1 heterocycles. The smallest absolute Gasteiger partial charge is 0.246 e. The van der Waals surface area contributed by atoms with E-state index in [9.17, 15) is 22.0 Å². The van der Waals surface area contributed by atoms with Gasteiger partial charge < -0.3 is 4.90 Å². The van der Waals surface area contributed by atoms with E-state index < -0.39 is 32.6 Å². The van der Waals surface area contributed by atoms with Crippen molar-refractivity contribution in [1.82, 2.24) is 4.90 Å². The first-order valence-electron chi connectivity index (χ1n) is 8.55. The maximum Gasteiger partial charge on any atom is 0.246 e. The predicted molar refractivity (Wildman–Crippen MR) is 99.6 cm³/mol. The third kappa shape index (κ3) is 4.60. The first-order valence-corrected chi connectivity index (χ1v) is 10.3. The van der Waals surface area contributed by atoms with Gasteiger partial charge in [0.15, 0.2) is 9.84 Å². The number of halogens is 2. The van der Waals surface area contributed by atoms with E-state index >= 15 is 0 Å². The van der Waals surface area contributed by atoms with Gasteiger partial charge in [-0.05, 0) is 36.3 Å². The molecule has 0 bridgehead atoms. The van der Waals surface area contributed by atoms with Crippen LogP contribution in [-0.4, -0.2) is 38.1 Å². The lowest BCUT2D eigenvalue weighted by atomic mass is 10.1. The topological polar surface area (TPSA) is 54.5 Å². The number of sulfone groups is 1. The molecule has 27 heavy (non-hydrogen) atoms. The number of hydrogen-bond donors (Lipinski definition) is 0. The molecular weight excluding hydrogens is 372 g/mol. The summed E-state index contributed by atoms with van der Waals surface area (Å²) in [5.74, 6) is -1.80. The van der Waals surface area contributed by atoms with Crippen molar-refractivity contribution in [2.24, 2.45) is 0 Å². The van der Waals surface area contributed by atoms with E-state index in [1.807, 2.05) is 6.07 Å². The first kappa shape index (κ1) is 19.2. The SMILES string of the molecule is O=C(C=Cc1cc(F)ccc1F)N1CCC(c2ccccc2)S(=O)(=O)CC1. The molecule has 142 valence electrons. The highest BCUT2D eigenvalue weighted by molar-refractivity contribution is 7.91. The molecule has 0 aromatic heterocycles. The quantitative estimate of drug-likeness (QED) is 0.754. The Morgan fingerprint density at radius 2 is 1.81 bits per heavy atom. The van der Waals surface area contributed by atoms with Gasteiger partial charge >= 0.3 is 0 Å². The third-order valence-corrected chi connectivity index (χ3v) is 6.71. The van der Waals surface area contributed by atoms with Crippen LogP contribution in [0.2, 0.25) is 0 Å². The lowest BCUT2D eigenvalue weighted by molar-refractivity contribution is -0.125. The van der Waals surface area contributed by atoms with Crippen molar-refractivity contribution in [3.8, 4) is 0 Å². The van der Waals surface area contributed by atoms with E-state index in [-0.39, 0.29) is 24.4 Å². The van der Waals surface area contributed by atoms with Gasteiger partial charge in [0.25, 0.3) is 0 Å². The van der Waals surface area contributed by atoms with Crippen molar-refractivity contribution < 1.29 is 22.0 Å². The van der Waals surface area contributed by atoms with Crippen LogP contribution in [0.5, 0.6) is 0 Å². The lowest BCUT2D eigenvalue weighted by Crippen LogP contribution is -2.32. The Morgan fingerprint density at radius 1 is 1.07 bits per heavy atom. The summed E-state index contributed by atoms with van der Waals surface area (Å²) < 4.78 is 52.0.